The Morgan fingerprint density at radius 3 is 2.50 bits per heavy atom. The summed E-state index contributed by atoms with van der Waals surface area (Å²) < 4.78 is 2.65. The van der Waals surface area contributed by atoms with E-state index in [9.17, 15) is 0 Å². The van der Waals surface area contributed by atoms with E-state index in [1.807, 2.05) is 18.7 Å². The van der Waals surface area contributed by atoms with Crippen LogP contribution in [0, 0.1) is 4.77 Å². The Morgan fingerprint density at radius 2 is 1.94 bits per heavy atom. The van der Waals surface area contributed by atoms with Gasteiger partial charge in [0, 0.05) is 31.9 Å². The van der Waals surface area contributed by atoms with E-state index in [2.05, 4.69) is 46.3 Å². The van der Waals surface area contributed by atoms with Gasteiger partial charge < -0.3 is 4.90 Å². The number of aryl methyl sites for hydroxylation is 1. The van der Waals surface area contributed by atoms with E-state index in [0.717, 1.165) is 24.4 Å². The third-order valence-corrected chi connectivity index (χ3v) is 3.11. The van der Waals surface area contributed by atoms with Crippen molar-refractivity contribution in [1.29, 1.82) is 0 Å². The van der Waals surface area contributed by atoms with Crippen molar-refractivity contribution in [2.24, 2.45) is 0 Å². The van der Waals surface area contributed by atoms with E-state index >= 15 is 0 Å². The Labute approximate surface area is 112 Å². The number of anilines is 1. The molecule has 1 heterocycles. The Balaban J connectivity index is 2.42. The van der Waals surface area contributed by atoms with Gasteiger partial charge in [-0.15, -0.1) is 0 Å². The molecule has 1 aromatic heterocycles. The zero-order valence-corrected chi connectivity index (χ0v) is 11.8. The van der Waals surface area contributed by atoms with Crippen molar-refractivity contribution in [3.63, 3.8) is 0 Å². The molecule has 0 aliphatic carbocycles. The first-order valence-corrected chi connectivity index (χ1v) is 6.48. The minimum atomic E-state index is 0.649. The van der Waals surface area contributed by atoms with Crippen LogP contribution in [-0.4, -0.2) is 28.9 Å². The van der Waals surface area contributed by atoms with Crippen molar-refractivity contribution >= 4 is 17.9 Å². The molecule has 0 saturated carbocycles. The van der Waals surface area contributed by atoms with Crippen molar-refractivity contribution in [2.75, 3.05) is 19.0 Å². The van der Waals surface area contributed by atoms with Crippen LogP contribution >= 0.6 is 12.2 Å². The fraction of sp³-hybridized carbons (Fsp3) is 0.385. The van der Waals surface area contributed by atoms with Gasteiger partial charge in [-0.2, -0.15) is 5.10 Å². The standard InChI is InChI=1S/C13H18N4S/c1-4-5-12-14-15-13(18)17(12)11-8-6-10(7-9-11)16(2)3/h6-9H,4-5H2,1-3H3,(H,15,18). The molecule has 0 amide bonds. The van der Waals surface area contributed by atoms with Crippen LogP contribution in [0.3, 0.4) is 0 Å². The van der Waals surface area contributed by atoms with E-state index in [0.29, 0.717) is 4.77 Å². The molecule has 18 heavy (non-hydrogen) atoms. The van der Waals surface area contributed by atoms with Crippen molar-refractivity contribution < 1.29 is 0 Å². The van der Waals surface area contributed by atoms with E-state index in [4.69, 9.17) is 12.2 Å². The molecule has 2 rings (SSSR count). The highest BCUT2D eigenvalue weighted by molar-refractivity contribution is 7.71. The van der Waals surface area contributed by atoms with Gasteiger partial charge in [0.05, 0.1) is 0 Å². The van der Waals surface area contributed by atoms with Gasteiger partial charge in [-0.05, 0) is 42.9 Å². The second-order valence-electron chi connectivity index (χ2n) is 4.44. The molecule has 0 fully saturated rings. The highest BCUT2D eigenvalue weighted by Crippen LogP contribution is 2.17. The van der Waals surface area contributed by atoms with Crippen LogP contribution in [0.15, 0.2) is 24.3 Å². The zero-order valence-electron chi connectivity index (χ0n) is 11.0. The molecule has 1 N–H and O–H groups in total. The Morgan fingerprint density at radius 1 is 1.28 bits per heavy atom. The van der Waals surface area contributed by atoms with Crippen molar-refractivity contribution in [1.82, 2.24) is 14.8 Å². The average molecular weight is 262 g/mol. The van der Waals surface area contributed by atoms with Gasteiger partial charge in [-0.3, -0.25) is 9.67 Å². The van der Waals surface area contributed by atoms with E-state index in [1.165, 1.54) is 5.69 Å². The molecular weight excluding hydrogens is 244 g/mol. The number of hydrogen-bond acceptors (Lipinski definition) is 3. The summed E-state index contributed by atoms with van der Waals surface area (Å²) in [5.41, 5.74) is 2.23. The van der Waals surface area contributed by atoms with Crippen LogP contribution in [0.1, 0.15) is 19.2 Å². The molecule has 0 spiro atoms. The monoisotopic (exact) mass is 262 g/mol. The average Bonchev–Trinajstić information content (AvgIpc) is 2.71. The van der Waals surface area contributed by atoms with Crippen molar-refractivity contribution in [3.05, 3.63) is 34.9 Å². The summed E-state index contributed by atoms with van der Waals surface area (Å²) in [4.78, 5) is 2.07. The molecule has 0 aliphatic heterocycles. The smallest absolute Gasteiger partial charge is 0.199 e. The van der Waals surface area contributed by atoms with E-state index in [1.54, 1.807) is 0 Å². The SMILES string of the molecule is CCCc1n[nH]c(=S)n1-c1ccc(N(C)C)cc1. The van der Waals surface area contributed by atoms with Crippen LogP contribution in [0.2, 0.25) is 0 Å². The van der Waals surface area contributed by atoms with Gasteiger partial charge in [0.25, 0.3) is 0 Å². The van der Waals surface area contributed by atoms with Gasteiger partial charge in [0.1, 0.15) is 5.82 Å². The molecule has 5 heteroatoms. The first kappa shape index (κ1) is 12.8. The fourth-order valence-electron chi connectivity index (χ4n) is 1.89. The molecule has 0 saturated heterocycles. The lowest BCUT2D eigenvalue weighted by atomic mass is 10.2. The molecule has 0 bridgehead atoms. The van der Waals surface area contributed by atoms with Gasteiger partial charge in [-0.1, -0.05) is 6.92 Å². The van der Waals surface area contributed by atoms with E-state index in [-0.39, 0.29) is 0 Å². The van der Waals surface area contributed by atoms with Crippen molar-refractivity contribution in [2.45, 2.75) is 19.8 Å². The lowest BCUT2D eigenvalue weighted by molar-refractivity contribution is 0.801. The van der Waals surface area contributed by atoms with E-state index < -0.39 is 0 Å². The lowest BCUT2D eigenvalue weighted by Crippen LogP contribution is -2.08. The Kier molecular flexibility index (Phi) is 3.81. The number of rotatable bonds is 4. The maximum absolute atomic E-state index is 5.29. The summed E-state index contributed by atoms with van der Waals surface area (Å²) in [6.45, 7) is 2.14. The van der Waals surface area contributed by atoms with Crippen LogP contribution in [0.25, 0.3) is 5.69 Å². The zero-order chi connectivity index (χ0) is 13.1. The minimum Gasteiger partial charge on any atom is -0.378 e. The van der Waals surface area contributed by atoms with Crippen molar-refractivity contribution in [3.8, 4) is 5.69 Å². The van der Waals surface area contributed by atoms with Gasteiger partial charge >= 0.3 is 0 Å². The molecule has 0 radical (unpaired) electrons. The molecule has 1 aromatic carbocycles. The molecule has 96 valence electrons. The summed E-state index contributed by atoms with van der Waals surface area (Å²) in [5.74, 6) is 0.986. The number of aromatic amines is 1. The highest BCUT2D eigenvalue weighted by Gasteiger charge is 2.07. The predicted molar refractivity (Wildman–Crippen MR) is 77.1 cm³/mol. The summed E-state index contributed by atoms with van der Waals surface area (Å²) in [6, 6.07) is 8.30. The quantitative estimate of drug-likeness (QED) is 0.861. The number of H-pyrrole nitrogens is 1. The third-order valence-electron chi connectivity index (χ3n) is 2.84. The second-order valence-corrected chi connectivity index (χ2v) is 4.83. The minimum absolute atomic E-state index is 0.649. The fourth-order valence-corrected chi connectivity index (χ4v) is 2.14. The van der Waals surface area contributed by atoms with Crippen LogP contribution in [0.4, 0.5) is 5.69 Å². The maximum Gasteiger partial charge on any atom is 0.199 e. The predicted octanol–water partition coefficient (Wildman–Crippen LogP) is 2.95. The first-order valence-electron chi connectivity index (χ1n) is 6.07. The van der Waals surface area contributed by atoms with Gasteiger partial charge in [0.2, 0.25) is 0 Å². The maximum atomic E-state index is 5.29. The topological polar surface area (TPSA) is 36.9 Å². The molecule has 0 atom stereocenters. The number of nitrogens with one attached hydrogen (secondary N) is 1. The molecule has 0 unspecified atom stereocenters. The Bertz CT molecular complexity index is 565. The molecule has 2 aromatic rings. The summed E-state index contributed by atoms with van der Waals surface area (Å²) in [6.07, 6.45) is 1.97. The summed E-state index contributed by atoms with van der Waals surface area (Å²) in [5, 5.41) is 7.14. The number of benzene rings is 1. The molecule has 4 nitrogen and oxygen atoms in total. The van der Waals surface area contributed by atoms with Crippen LogP contribution in [-0.2, 0) is 6.42 Å². The summed E-state index contributed by atoms with van der Waals surface area (Å²) in [7, 11) is 4.06. The number of aromatic nitrogens is 3. The first-order chi connectivity index (χ1) is 8.63. The Hall–Kier alpha value is -1.62. The van der Waals surface area contributed by atoms with Crippen LogP contribution in [0.5, 0.6) is 0 Å². The lowest BCUT2D eigenvalue weighted by Gasteiger charge is -2.13. The van der Waals surface area contributed by atoms with Gasteiger partial charge in [0.15, 0.2) is 4.77 Å². The van der Waals surface area contributed by atoms with Gasteiger partial charge in [-0.25, -0.2) is 0 Å². The molecule has 0 aliphatic rings. The highest BCUT2D eigenvalue weighted by atomic mass is 32.1. The summed E-state index contributed by atoms with van der Waals surface area (Å²) >= 11 is 5.29. The number of hydrogen-bond donors (Lipinski definition) is 1. The molecular formula is C13H18N4S. The largest absolute Gasteiger partial charge is 0.378 e. The normalized spacial score (nSPS) is 10.6. The number of nitrogens with zero attached hydrogens (tertiary/aromatic N) is 3. The second kappa shape index (κ2) is 5.35. The van der Waals surface area contributed by atoms with Crippen LogP contribution < -0.4 is 4.90 Å². The third kappa shape index (κ3) is 2.46.